The normalized spacial score (nSPS) is 12.1. The molecule has 0 spiro atoms. The highest BCUT2D eigenvalue weighted by Crippen LogP contribution is 2.21. The molecule has 0 aliphatic carbocycles. The van der Waals surface area contributed by atoms with Gasteiger partial charge >= 0.3 is 0 Å². The van der Waals surface area contributed by atoms with Crippen LogP contribution in [0.15, 0.2) is 40.8 Å². The van der Waals surface area contributed by atoms with E-state index in [0.717, 1.165) is 35.1 Å². The Bertz CT molecular complexity index is 667. The van der Waals surface area contributed by atoms with E-state index in [1.165, 1.54) is 0 Å². The van der Waals surface area contributed by atoms with Gasteiger partial charge in [0, 0.05) is 23.4 Å². The molecule has 0 bridgehead atoms. The number of thioether (sulfide) groups is 1. The minimum atomic E-state index is 0.483. The lowest BCUT2D eigenvalue weighted by Crippen LogP contribution is -2.13. The Morgan fingerprint density at radius 3 is 2.65 bits per heavy atom. The molecule has 0 aliphatic rings. The molecule has 0 amide bonds. The Kier molecular flexibility index (Phi) is 6.50. The van der Waals surface area contributed by atoms with Crippen LogP contribution in [0.25, 0.3) is 0 Å². The number of hydrogen-bond acceptors (Lipinski definition) is 5. The van der Waals surface area contributed by atoms with Crippen LogP contribution in [0.3, 0.4) is 0 Å². The van der Waals surface area contributed by atoms with Crippen LogP contribution >= 0.6 is 23.4 Å². The monoisotopic (exact) mass is 352 g/mol. The molecule has 0 unspecified atom stereocenters. The summed E-state index contributed by atoms with van der Waals surface area (Å²) in [6, 6.07) is 7.20. The number of imidazole rings is 1. The molecule has 1 aromatic carbocycles. The number of benzene rings is 1. The van der Waals surface area contributed by atoms with E-state index in [9.17, 15) is 5.21 Å². The summed E-state index contributed by atoms with van der Waals surface area (Å²) in [6.07, 6.45) is 2.83. The highest BCUT2D eigenvalue weighted by molar-refractivity contribution is 7.99. The Hall–Kier alpha value is -1.50. The number of rotatable bonds is 7. The molecule has 124 valence electrons. The fraction of sp³-hybridized carbons (Fsp3) is 0.375. The van der Waals surface area contributed by atoms with Crippen LogP contribution < -0.4 is 0 Å². The summed E-state index contributed by atoms with van der Waals surface area (Å²) >= 11 is 7.61. The maximum atomic E-state index is 9.41. The van der Waals surface area contributed by atoms with E-state index in [-0.39, 0.29) is 0 Å². The zero-order valence-electron chi connectivity index (χ0n) is 13.5. The minimum absolute atomic E-state index is 0.483. The van der Waals surface area contributed by atoms with Gasteiger partial charge < -0.3 is 14.7 Å². The first kappa shape index (κ1) is 17.8. The molecule has 5 nitrogen and oxygen atoms in total. The summed E-state index contributed by atoms with van der Waals surface area (Å²) in [4.78, 5) is 6.61. The van der Waals surface area contributed by atoms with Crippen LogP contribution in [0.1, 0.15) is 17.7 Å². The van der Waals surface area contributed by atoms with Crippen molar-refractivity contribution in [3.8, 4) is 0 Å². The van der Waals surface area contributed by atoms with Gasteiger partial charge in [-0.05, 0) is 39.2 Å². The molecule has 0 aliphatic heterocycles. The second-order valence-corrected chi connectivity index (χ2v) is 6.94. The molecule has 1 heterocycles. The minimum Gasteiger partial charge on any atom is -0.410 e. The summed E-state index contributed by atoms with van der Waals surface area (Å²) < 4.78 is 1.95. The van der Waals surface area contributed by atoms with Crippen molar-refractivity contribution in [1.29, 1.82) is 0 Å². The molecule has 1 aromatic heterocycles. The maximum Gasteiger partial charge on any atom is 0.168 e. The van der Waals surface area contributed by atoms with Gasteiger partial charge in [-0.25, -0.2) is 4.98 Å². The average molecular weight is 353 g/mol. The topological polar surface area (TPSA) is 53.6 Å². The van der Waals surface area contributed by atoms with Gasteiger partial charge in [-0.2, -0.15) is 0 Å². The molecular formula is C16H21ClN4OS. The number of halogens is 1. The van der Waals surface area contributed by atoms with Crippen LogP contribution in [-0.2, 0) is 7.05 Å². The van der Waals surface area contributed by atoms with Crippen LogP contribution in [-0.4, -0.2) is 51.8 Å². The van der Waals surface area contributed by atoms with Gasteiger partial charge in [0.1, 0.15) is 5.71 Å². The van der Waals surface area contributed by atoms with Crippen molar-refractivity contribution < 1.29 is 5.21 Å². The van der Waals surface area contributed by atoms with Crippen molar-refractivity contribution in [2.45, 2.75) is 11.6 Å². The van der Waals surface area contributed by atoms with Crippen molar-refractivity contribution in [1.82, 2.24) is 14.5 Å². The van der Waals surface area contributed by atoms with Crippen LogP contribution in [0.4, 0.5) is 0 Å². The first-order valence-electron chi connectivity index (χ1n) is 7.30. The van der Waals surface area contributed by atoms with Gasteiger partial charge in [-0.1, -0.05) is 40.7 Å². The largest absolute Gasteiger partial charge is 0.410 e. The van der Waals surface area contributed by atoms with Gasteiger partial charge in [-0.3, -0.25) is 0 Å². The Morgan fingerprint density at radius 2 is 2.04 bits per heavy atom. The van der Waals surface area contributed by atoms with Gasteiger partial charge in [-0.15, -0.1) is 0 Å². The van der Waals surface area contributed by atoms with Crippen molar-refractivity contribution in [3.63, 3.8) is 0 Å². The van der Waals surface area contributed by atoms with Crippen molar-refractivity contribution >= 4 is 29.1 Å². The molecule has 0 saturated carbocycles. The number of hydrogen-bond donors (Lipinski definition) is 1. The van der Waals surface area contributed by atoms with Gasteiger partial charge in [0.2, 0.25) is 0 Å². The van der Waals surface area contributed by atoms with Crippen molar-refractivity contribution in [3.05, 3.63) is 46.7 Å². The lowest BCUT2D eigenvalue weighted by molar-refractivity contribution is 0.319. The highest BCUT2D eigenvalue weighted by Gasteiger charge is 2.15. The summed E-state index contributed by atoms with van der Waals surface area (Å²) in [5.74, 6) is 0.995. The molecule has 2 aromatic rings. The number of nitrogens with zero attached hydrogens (tertiary/aromatic N) is 4. The molecule has 0 atom stereocenters. The van der Waals surface area contributed by atoms with E-state index < -0.39 is 0 Å². The summed E-state index contributed by atoms with van der Waals surface area (Å²) in [6.45, 7) is 1.05. The van der Waals surface area contributed by atoms with Gasteiger partial charge in [0.05, 0.1) is 11.9 Å². The number of oxime groups is 1. The molecular weight excluding hydrogens is 332 g/mol. The fourth-order valence-corrected chi connectivity index (χ4v) is 3.16. The second-order valence-electron chi connectivity index (χ2n) is 5.45. The molecule has 23 heavy (non-hydrogen) atoms. The van der Waals surface area contributed by atoms with Gasteiger partial charge in [0.25, 0.3) is 0 Å². The smallest absolute Gasteiger partial charge is 0.168 e. The molecule has 0 fully saturated rings. The standard InChI is InChI=1S/C16H21ClN4OS/c1-20(2)9-4-10-23-16-18-11-14(21(16)3)15(19-22)12-5-7-13(17)8-6-12/h5-8,11,22H,4,9-10H2,1-3H3/b19-15+. The number of aromatic nitrogens is 2. The third-order valence-corrected chi connectivity index (χ3v) is 4.77. The van der Waals surface area contributed by atoms with Crippen molar-refractivity contribution in [2.75, 3.05) is 26.4 Å². The van der Waals surface area contributed by atoms with Crippen LogP contribution in [0, 0.1) is 0 Å². The zero-order valence-corrected chi connectivity index (χ0v) is 15.1. The SMILES string of the molecule is CN(C)CCCSc1ncc(/C(=N/O)c2ccc(Cl)cc2)n1C. The quantitative estimate of drug-likeness (QED) is 0.273. The summed E-state index contributed by atoms with van der Waals surface area (Å²) in [7, 11) is 6.07. The first-order valence-corrected chi connectivity index (χ1v) is 8.67. The molecule has 0 radical (unpaired) electrons. The zero-order chi connectivity index (χ0) is 16.8. The first-order chi connectivity index (χ1) is 11.0. The van der Waals surface area contributed by atoms with E-state index in [2.05, 4.69) is 29.1 Å². The predicted molar refractivity (Wildman–Crippen MR) is 96.0 cm³/mol. The van der Waals surface area contributed by atoms with E-state index in [1.807, 2.05) is 23.7 Å². The second kappa shape index (κ2) is 8.38. The molecule has 7 heteroatoms. The van der Waals surface area contributed by atoms with Gasteiger partial charge in [0.15, 0.2) is 5.16 Å². The molecule has 1 N–H and O–H groups in total. The fourth-order valence-electron chi connectivity index (χ4n) is 2.16. The van der Waals surface area contributed by atoms with E-state index in [1.54, 1.807) is 30.1 Å². The lowest BCUT2D eigenvalue weighted by Gasteiger charge is -2.09. The molecule has 2 rings (SSSR count). The van der Waals surface area contributed by atoms with Crippen LogP contribution in [0.5, 0.6) is 0 Å². The van der Waals surface area contributed by atoms with E-state index in [0.29, 0.717) is 10.7 Å². The third-order valence-electron chi connectivity index (χ3n) is 3.39. The van der Waals surface area contributed by atoms with E-state index >= 15 is 0 Å². The van der Waals surface area contributed by atoms with Crippen molar-refractivity contribution in [2.24, 2.45) is 12.2 Å². The third kappa shape index (κ3) is 4.73. The Balaban J connectivity index is 2.12. The Labute approximate surface area is 146 Å². The maximum absolute atomic E-state index is 9.41. The lowest BCUT2D eigenvalue weighted by atomic mass is 10.1. The summed E-state index contributed by atoms with van der Waals surface area (Å²) in [5.41, 5.74) is 2.05. The average Bonchev–Trinajstić information content (AvgIpc) is 2.88. The van der Waals surface area contributed by atoms with Crippen LogP contribution in [0.2, 0.25) is 5.02 Å². The molecule has 0 saturated heterocycles. The van der Waals surface area contributed by atoms with E-state index in [4.69, 9.17) is 11.6 Å². The summed E-state index contributed by atoms with van der Waals surface area (Å²) in [5, 5.41) is 14.4. The highest BCUT2D eigenvalue weighted by atomic mass is 35.5. The Morgan fingerprint density at radius 1 is 1.35 bits per heavy atom. The predicted octanol–water partition coefficient (Wildman–Crippen LogP) is 3.34.